The number of hydrogen-bond donors (Lipinski definition) is 2. The van der Waals surface area contributed by atoms with Gasteiger partial charge in [-0.3, -0.25) is 4.79 Å². The van der Waals surface area contributed by atoms with Gasteiger partial charge in [-0.25, -0.2) is 0 Å². The third-order valence-electron chi connectivity index (χ3n) is 3.22. The van der Waals surface area contributed by atoms with E-state index in [-0.39, 0.29) is 23.6 Å². The molecule has 1 unspecified atom stereocenters. The van der Waals surface area contributed by atoms with Gasteiger partial charge in [0.1, 0.15) is 11.4 Å². The van der Waals surface area contributed by atoms with Gasteiger partial charge in [-0.05, 0) is 29.3 Å². The first-order chi connectivity index (χ1) is 9.70. The fourth-order valence-corrected chi connectivity index (χ4v) is 2.53. The minimum absolute atomic E-state index is 0.111. The van der Waals surface area contributed by atoms with Gasteiger partial charge >= 0.3 is 0 Å². The van der Waals surface area contributed by atoms with E-state index in [9.17, 15) is 9.90 Å². The Morgan fingerprint density at radius 1 is 1.43 bits per heavy atom. The fourth-order valence-electron chi connectivity index (χ4n) is 1.75. The van der Waals surface area contributed by atoms with Crippen LogP contribution in [0.1, 0.15) is 49.5 Å². The Bertz CT molecular complexity index is 609. The first-order valence-corrected chi connectivity index (χ1v) is 7.65. The van der Waals surface area contributed by atoms with E-state index in [0.717, 1.165) is 5.56 Å². The number of carbonyl (C=O) groups is 1. The van der Waals surface area contributed by atoms with Crippen molar-refractivity contribution < 1.29 is 14.4 Å². The quantitative estimate of drug-likeness (QED) is 0.910. The highest BCUT2D eigenvalue weighted by Gasteiger charge is 2.26. The maximum atomic E-state index is 12.1. The second-order valence-electron chi connectivity index (χ2n) is 6.29. The third-order valence-corrected chi connectivity index (χ3v) is 3.90. The van der Waals surface area contributed by atoms with Crippen molar-refractivity contribution in [3.8, 4) is 0 Å². The van der Waals surface area contributed by atoms with Crippen LogP contribution in [0.15, 0.2) is 27.4 Å². The van der Waals surface area contributed by atoms with Gasteiger partial charge in [0.05, 0.1) is 6.54 Å². The van der Waals surface area contributed by atoms with Crippen LogP contribution in [-0.4, -0.2) is 22.7 Å². The van der Waals surface area contributed by atoms with Gasteiger partial charge in [0.15, 0.2) is 5.69 Å². The normalized spacial score (nSPS) is 14.7. The van der Waals surface area contributed by atoms with Crippen LogP contribution < -0.4 is 5.32 Å². The van der Waals surface area contributed by atoms with Gasteiger partial charge < -0.3 is 14.9 Å². The highest BCUT2D eigenvalue weighted by atomic mass is 32.1. The minimum Gasteiger partial charge on any atom is -0.384 e. The molecular weight excluding hydrogens is 288 g/mol. The van der Waals surface area contributed by atoms with E-state index in [0.29, 0.717) is 5.76 Å². The first kappa shape index (κ1) is 15.7. The topological polar surface area (TPSA) is 75.4 Å². The van der Waals surface area contributed by atoms with E-state index in [1.807, 2.05) is 37.6 Å². The number of nitrogens with one attached hydrogen (secondary N) is 1. The Hall–Kier alpha value is -1.66. The second kappa shape index (κ2) is 5.61. The largest absolute Gasteiger partial charge is 0.384 e. The van der Waals surface area contributed by atoms with Crippen molar-refractivity contribution >= 4 is 17.2 Å². The fraction of sp³-hybridized carbons (Fsp3) is 0.467. The summed E-state index contributed by atoms with van der Waals surface area (Å²) in [5.41, 5.74) is -0.302. The zero-order valence-corrected chi connectivity index (χ0v) is 13.5. The summed E-state index contributed by atoms with van der Waals surface area (Å²) in [5.74, 6) is 0.294. The molecule has 0 saturated carbocycles. The number of rotatable bonds is 4. The Balaban J connectivity index is 2.01. The van der Waals surface area contributed by atoms with Crippen molar-refractivity contribution in [2.75, 3.05) is 6.54 Å². The van der Waals surface area contributed by atoms with Crippen molar-refractivity contribution in [2.24, 2.45) is 0 Å². The summed E-state index contributed by atoms with van der Waals surface area (Å²) in [6.07, 6.45) is 0. The third kappa shape index (κ3) is 3.71. The predicted octanol–water partition coefficient (Wildman–Crippen LogP) is 2.67. The Kier molecular flexibility index (Phi) is 4.20. The van der Waals surface area contributed by atoms with Crippen molar-refractivity contribution in [2.45, 2.75) is 38.7 Å². The number of thiophene rings is 1. The minimum atomic E-state index is -1.10. The van der Waals surface area contributed by atoms with E-state index in [2.05, 4.69) is 10.5 Å². The van der Waals surface area contributed by atoms with Crippen LogP contribution in [0.5, 0.6) is 0 Å². The summed E-state index contributed by atoms with van der Waals surface area (Å²) in [7, 11) is 0. The highest BCUT2D eigenvalue weighted by molar-refractivity contribution is 7.08. The lowest BCUT2D eigenvalue weighted by molar-refractivity contribution is 0.0527. The van der Waals surface area contributed by atoms with Gasteiger partial charge in [-0.1, -0.05) is 25.9 Å². The molecular formula is C15H20N2O3S. The van der Waals surface area contributed by atoms with Crippen molar-refractivity contribution in [1.82, 2.24) is 10.5 Å². The van der Waals surface area contributed by atoms with Gasteiger partial charge in [0.2, 0.25) is 0 Å². The first-order valence-electron chi connectivity index (χ1n) is 6.70. The number of carbonyl (C=O) groups excluding carboxylic acids is 1. The maximum Gasteiger partial charge on any atom is 0.273 e. The number of amides is 1. The lowest BCUT2D eigenvalue weighted by Gasteiger charge is -2.22. The smallest absolute Gasteiger partial charge is 0.273 e. The zero-order valence-electron chi connectivity index (χ0n) is 12.6. The highest BCUT2D eigenvalue weighted by Crippen LogP contribution is 2.24. The molecule has 0 aliphatic rings. The van der Waals surface area contributed by atoms with E-state index in [4.69, 9.17) is 4.52 Å². The molecule has 5 nitrogen and oxygen atoms in total. The second-order valence-corrected chi connectivity index (χ2v) is 7.07. The molecule has 0 radical (unpaired) electrons. The number of hydrogen-bond acceptors (Lipinski definition) is 5. The van der Waals surface area contributed by atoms with Gasteiger partial charge in [0.25, 0.3) is 5.91 Å². The van der Waals surface area contributed by atoms with E-state index in [1.165, 1.54) is 11.3 Å². The van der Waals surface area contributed by atoms with Crippen LogP contribution in [0.3, 0.4) is 0 Å². The Labute approximate surface area is 128 Å². The average molecular weight is 308 g/mol. The average Bonchev–Trinajstić information content (AvgIpc) is 3.05. The molecule has 0 saturated heterocycles. The van der Waals surface area contributed by atoms with Crippen LogP contribution in [0.4, 0.5) is 0 Å². The van der Waals surface area contributed by atoms with E-state index in [1.54, 1.807) is 13.0 Å². The summed E-state index contributed by atoms with van der Waals surface area (Å²) in [4.78, 5) is 12.1. The summed E-state index contributed by atoms with van der Waals surface area (Å²) >= 11 is 1.50. The predicted molar refractivity (Wildman–Crippen MR) is 81.4 cm³/mol. The van der Waals surface area contributed by atoms with Crippen molar-refractivity contribution in [1.29, 1.82) is 0 Å². The molecule has 0 bridgehead atoms. The summed E-state index contributed by atoms with van der Waals surface area (Å²) in [5, 5.41) is 20.6. The van der Waals surface area contributed by atoms with Gasteiger partial charge in [-0.2, -0.15) is 11.3 Å². The SMILES string of the molecule is CC(C)(C)c1cc(C(=O)NCC(C)(O)c2ccsc2)no1. The molecule has 0 aliphatic heterocycles. The van der Waals surface area contributed by atoms with Crippen molar-refractivity contribution in [3.05, 3.63) is 39.9 Å². The monoisotopic (exact) mass is 308 g/mol. The molecule has 1 atom stereocenters. The molecule has 6 heteroatoms. The lowest BCUT2D eigenvalue weighted by Crippen LogP contribution is -2.38. The molecule has 0 spiro atoms. The summed E-state index contributed by atoms with van der Waals surface area (Å²) in [6.45, 7) is 7.72. The molecule has 2 heterocycles. The molecule has 21 heavy (non-hydrogen) atoms. The van der Waals surface area contributed by atoms with Crippen LogP contribution >= 0.6 is 11.3 Å². The summed E-state index contributed by atoms with van der Waals surface area (Å²) in [6, 6.07) is 3.47. The van der Waals surface area contributed by atoms with Crippen LogP contribution in [0, 0.1) is 0 Å². The molecule has 0 aliphatic carbocycles. The molecule has 2 aromatic heterocycles. The molecule has 2 N–H and O–H groups in total. The lowest BCUT2D eigenvalue weighted by atomic mass is 9.93. The molecule has 0 fully saturated rings. The standard InChI is InChI=1S/C15H20N2O3S/c1-14(2,3)12-7-11(17-20-12)13(18)16-9-15(4,19)10-5-6-21-8-10/h5-8,19H,9H2,1-4H3,(H,16,18). The molecule has 2 aromatic rings. The summed E-state index contributed by atoms with van der Waals surface area (Å²) < 4.78 is 5.18. The van der Waals surface area contributed by atoms with Crippen LogP contribution in [0.2, 0.25) is 0 Å². The van der Waals surface area contributed by atoms with Crippen molar-refractivity contribution in [3.63, 3.8) is 0 Å². The van der Waals surface area contributed by atoms with E-state index < -0.39 is 5.60 Å². The molecule has 2 rings (SSSR count). The maximum absolute atomic E-state index is 12.1. The Morgan fingerprint density at radius 3 is 2.67 bits per heavy atom. The number of aliphatic hydroxyl groups is 1. The van der Waals surface area contributed by atoms with Gasteiger partial charge in [0, 0.05) is 11.5 Å². The van der Waals surface area contributed by atoms with Crippen LogP contribution in [-0.2, 0) is 11.0 Å². The molecule has 1 amide bonds. The molecule has 0 aromatic carbocycles. The van der Waals surface area contributed by atoms with E-state index >= 15 is 0 Å². The zero-order chi connectivity index (χ0) is 15.7. The molecule has 114 valence electrons. The number of nitrogens with zero attached hydrogens (tertiary/aromatic N) is 1. The number of aromatic nitrogens is 1. The van der Waals surface area contributed by atoms with Crippen LogP contribution in [0.25, 0.3) is 0 Å². The Morgan fingerprint density at radius 2 is 2.14 bits per heavy atom. The van der Waals surface area contributed by atoms with Gasteiger partial charge in [-0.15, -0.1) is 0 Å².